The molecule has 35 heavy (non-hydrogen) atoms. The van der Waals surface area contributed by atoms with Gasteiger partial charge in [0, 0.05) is 21.1 Å². The summed E-state index contributed by atoms with van der Waals surface area (Å²) in [7, 11) is 0. The van der Waals surface area contributed by atoms with Crippen molar-refractivity contribution in [1.29, 1.82) is 0 Å². The molecule has 0 bridgehead atoms. The molecule has 3 aromatic carbocycles. The van der Waals surface area contributed by atoms with Gasteiger partial charge in [-0.25, -0.2) is 10.9 Å². The fourth-order valence-electron chi connectivity index (χ4n) is 2.64. The third-order valence-corrected chi connectivity index (χ3v) is 5.46. The number of carbonyl (C=O) groups is 2. The number of hydrazone groups is 2. The lowest BCUT2D eigenvalue weighted by molar-refractivity contribution is -0.384. The van der Waals surface area contributed by atoms with Crippen molar-refractivity contribution in [2.45, 2.75) is 0 Å². The number of nitrogens with one attached hydrogen (secondary N) is 2. The molecule has 0 radical (unpaired) electrons. The monoisotopic (exact) mass is 597 g/mol. The summed E-state index contributed by atoms with van der Waals surface area (Å²) < 4.78 is 1.79. The van der Waals surface area contributed by atoms with E-state index in [2.05, 4.69) is 52.9 Å². The first-order chi connectivity index (χ1) is 16.8. The average molecular weight is 599 g/mol. The maximum atomic E-state index is 12.8. The molecule has 0 saturated carbocycles. The predicted octanol–water partition coefficient (Wildman–Crippen LogP) is 4.80. The van der Waals surface area contributed by atoms with Crippen LogP contribution in [0.1, 0.15) is 16.7 Å². The van der Waals surface area contributed by atoms with Gasteiger partial charge in [0.15, 0.2) is 0 Å². The topological polar surface area (TPSA) is 126 Å². The molecule has 2 N–H and O–H groups in total. The zero-order valence-corrected chi connectivity index (χ0v) is 21.1. The zero-order chi connectivity index (χ0) is 25.2. The number of nitro benzene ring substituents is 1. The SMILES string of the molecule is O=C(NN=Cc1ccc(Br)cc1)C(=Cc1ccc([N+](=O)[O-])cc1)C(=O)NN=Cc1ccc(Br)cc1. The van der Waals surface area contributed by atoms with Gasteiger partial charge < -0.3 is 0 Å². The van der Waals surface area contributed by atoms with E-state index in [4.69, 9.17) is 0 Å². The smallest absolute Gasteiger partial charge is 0.267 e. The largest absolute Gasteiger partial charge is 0.277 e. The minimum Gasteiger partial charge on any atom is -0.267 e. The summed E-state index contributed by atoms with van der Waals surface area (Å²) in [6, 6.07) is 19.8. The van der Waals surface area contributed by atoms with E-state index >= 15 is 0 Å². The first-order valence-electron chi connectivity index (χ1n) is 9.96. The molecule has 0 atom stereocenters. The number of hydrogen-bond donors (Lipinski definition) is 2. The number of nitro groups is 1. The van der Waals surface area contributed by atoms with Gasteiger partial charge >= 0.3 is 0 Å². The Balaban J connectivity index is 1.78. The van der Waals surface area contributed by atoms with E-state index in [0.29, 0.717) is 5.56 Å². The van der Waals surface area contributed by atoms with Crippen molar-refractivity contribution in [3.63, 3.8) is 0 Å². The lowest BCUT2D eigenvalue weighted by atomic mass is 10.1. The van der Waals surface area contributed by atoms with Crippen LogP contribution in [0.2, 0.25) is 0 Å². The summed E-state index contributed by atoms with van der Waals surface area (Å²) in [6.45, 7) is 0. The third-order valence-electron chi connectivity index (χ3n) is 4.40. The number of carbonyl (C=O) groups excluding carboxylic acids is 2. The molecule has 2 amide bonds. The molecule has 0 saturated heterocycles. The minimum atomic E-state index is -0.784. The molecule has 0 fully saturated rings. The highest BCUT2D eigenvalue weighted by molar-refractivity contribution is 9.10. The van der Waals surface area contributed by atoms with Gasteiger partial charge in [-0.1, -0.05) is 56.1 Å². The zero-order valence-electron chi connectivity index (χ0n) is 17.9. The highest BCUT2D eigenvalue weighted by Gasteiger charge is 2.18. The second-order valence-electron chi connectivity index (χ2n) is 6.91. The highest BCUT2D eigenvalue weighted by Crippen LogP contribution is 2.15. The van der Waals surface area contributed by atoms with Crippen LogP contribution in [0.15, 0.2) is 97.5 Å². The number of halogens is 2. The lowest BCUT2D eigenvalue weighted by Crippen LogP contribution is -2.30. The van der Waals surface area contributed by atoms with E-state index in [0.717, 1.165) is 20.1 Å². The molecule has 9 nitrogen and oxygen atoms in total. The number of nitrogens with zero attached hydrogens (tertiary/aromatic N) is 3. The number of non-ortho nitro benzene ring substituents is 1. The van der Waals surface area contributed by atoms with Gasteiger partial charge in [0.05, 0.1) is 17.4 Å². The van der Waals surface area contributed by atoms with E-state index in [9.17, 15) is 19.7 Å². The Labute approximate surface area is 217 Å². The van der Waals surface area contributed by atoms with Gasteiger partial charge in [0.1, 0.15) is 5.57 Å². The fraction of sp³-hybridized carbons (Fsp3) is 0. The van der Waals surface area contributed by atoms with Crippen LogP contribution in [0.3, 0.4) is 0 Å². The first kappa shape index (κ1) is 25.7. The summed E-state index contributed by atoms with van der Waals surface area (Å²) in [5.74, 6) is -1.57. The van der Waals surface area contributed by atoms with E-state index in [1.165, 1.54) is 42.8 Å². The maximum Gasteiger partial charge on any atom is 0.277 e. The molecule has 3 aromatic rings. The normalized spacial score (nSPS) is 10.8. The number of rotatable bonds is 8. The second-order valence-corrected chi connectivity index (χ2v) is 8.74. The molecule has 0 aliphatic heterocycles. The van der Waals surface area contributed by atoms with Crippen LogP contribution in [-0.2, 0) is 9.59 Å². The van der Waals surface area contributed by atoms with Crippen LogP contribution in [-0.4, -0.2) is 29.2 Å². The summed E-state index contributed by atoms with van der Waals surface area (Å²) in [5.41, 5.74) is 6.10. The molecule has 0 aromatic heterocycles. The number of amides is 2. The molecule has 0 unspecified atom stereocenters. The molecule has 0 heterocycles. The van der Waals surface area contributed by atoms with Gasteiger partial charge in [-0.3, -0.25) is 19.7 Å². The molecule has 0 aliphatic rings. The van der Waals surface area contributed by atoms with Crippen molar-refractivity contribution in [3.05, 3.63) is 114 Å². The van der Waals surface area contributed by atoms with Crippen molar-refractivity contribution in [3.8, 4) is 0 Å². The molecule has 0 aliphatic carbocycles. The quantitative estimate of drug-likeness (QED) is 0.0964. The van der Waals surface area contributed by atoms with E-state index in [1.54, 1.807) is 24.3 Å². The van der Waals surface area contributed by atoms with Gasteiger partial charge in [-0.2, -0.15) is 10.2 Å². The Morgan fingerprint density at radius 1 is 0.714 bits per heavy atom. The molecule has 3 rings (SSSR count). The van der Waals surface area contributed by atoms with Crippen molar-refractivity contribution in [2.75, 3.05) is 0 Å². The Morgan fingerprint density at radius 2 is 1.11 bits per heavy atom. The molecule has 176 valence electrons. The summed E-state index contributed by atoms with van der Waals surface area (Å²) >= 11 is 6.67. The first-order valence-corrected chi connectivity index (χ1v) is 11.5. The predicted molar refractivity (Wildman–Crippen MR) is 141 cm³/mol. The van der Waals surface area contributed by atoms with Crippen LogP contribution in [0.25, 0.3) is 6.08 Å². The van der Waals surface area contributed by atoms with E-state index < -0.39 is 16.7 Å². The Morgan fingerprint density at radius 3 is 1.51 bits per heavy atom. The van der Waals surface area contributed by atoms with Crippen molar-refractivity contribution < 1.29 is 14.5 Å². The van der Waals surface area contributed by atoms with Crippen molar-refractivity contribution >= 4 is 67.9 Å². The van der Waals surface area contributed by atoms with Crippen molar-refractivity contribution in [2.24, 2.45) is 10.2 Å². The minimum absolute atomic E-state index is 0.115. The standard InChI is InChI=1S/C24H17Br2N5O4/c25-19-7-1-17(2-8-19)14-27-29-23(32)22(13-16-5-11-21(12-6-16)31(34)35)24(33)30-28-15-18-3-9-20(26)10-4-18/h1-15H,(H,29,32)(H,30,33). The summed E-state index contributed by atoms with van der Waals surface area (Å²) in [5, 5.41) is 18.7. The van der Waals surface area contributed by atoms with Gasteiger partial charge in [-0.05, 0) is 59.2 Å². The van der Waals surface area contributed by atoms with E-state index in [-0.39, 0.29) is 11.3 Å². The van der Waals surface area contributed by atoms with Crippen LogP contribution < -0.4 is 10.9 Å². The summed E-state index contributed by atoms with van der Waals surface area (Å²) in [6.07, 6.45) is 4.15. The van der Waals surface area contributed by atoms with Crippen LogP contribution in [0.4, 0.5) is 5.69 Å². The molecular weight excluding hydrogens is 582 g/mol. The van der Waals surface area contributed by atoms with Crippen LogP contribution in [0, 0.1) is 10.1 Å². The Bertz CT molecular complexity index is 1230. The number of benzene rings is 3. The maximum absolute atomic E-state index is 12.8. The summed E-state index contributed by atoms with van der Waals surface area (Å²) in [4.78, 5) is 35.8. The average Bonchev–Trinajstić information content (AvgIpc) is 2.85. The number of hydrogen-bond acceptors (Lipinski definition) is 6. The van der Waals surface area contributed by atoms with E-state index in [1.807, 2.05) is 24.3 Å². The van der Waals surface area contributed by atoms with Crippen LogP contribution in [0.5, 0.6) is 0 Å². The molecular formula is C24H17Br2N5O4. The van der Waals surface area contributed by atoms with Gasteiger partial charge in [0.2, 0.25) is 0 Å². The van der Waals surface area contributed by atoms with Gasteiger partial charge in [0.25, 0.3) is 17.5 Å². The highest BCUT2D eigenvalue weighted by atomic mass is 79.9. The van der Waals surface area contributed by atoms with Crippen LogP contribution >= 0.6 is 31.9 Å². The second kappa shape index (κ2) is 12.5. The molecule has 0 spiro atoms. The lowest BCUT2D eigenvalue weighted by Gasteiger charge is -2.05. The third kappa shape index (κ3) is 8.09. The molecule has 11 heteroatoms. The Kier molecular flexibility index (Phi) is 9.16. The Hall–Kier alpha value is -3.96. The van der Waals surface area contributed by atoms with Gasteiger partial charge in [-0.15, -0.1) is 0 Å². The van der Waals surface area contributed by atoms with Crippen molar-refractivity contribution in [1.82, 2.24) is 10.9 Å². The fourth-order valence-corrected chi connectivity index (χ4v) is 3.17.